The van der Waals surface area contributed by atoms with Crippen LogP contribution in [0.4, 0.5) is 0 Å². The van der Waals surface area contributed by atoms with Crippen LogP contribution in [0.3, 0.4) is 0 Å². The SMILES string of the molecule is CC(=O)OCC(=O)[C@@]12N=C(C)OC1C[C@H]1[C@@H]3CCC4=CC(=O)C=C[C@]4(C)[C@H]3[C@@H](OC(C)=O)C[C@@]12C. The van der Waals surface area contributed by atoms with Crippen LogP contribution >= 0.6 is 0 Å². The average molecular weight is 484 g/mol. The van der Waals surface area contributed by atoms with Crippen molar-refractivity contribution in [2.24, 2.45) is 33.6 Å². The molecule has 0 N–H and O–H groups in total. The summed E-state index contributed by atoms with van der Waals surface area (Å²) in [5.74, 6) is -0.527. The fourth-order valence-electron chi connectivity index (χ4n) is 8.25. The number of carbonyl (C=O) groups is 4. The lowest BCUT2D eigenvalue weighted by Crippen LogP contribution is -2.63. The predicted octanol–water partition coefficient (Wildman–Crippen LogP) is 3.13. The Hall–Kier alpha value is -2.77. The highest BCUT2D eigenvalue weighted by Crippen LogP contribution is 2.69. The van der Waals surface area contributed by atoms with Crippen LogP contribution in [0.2, 0.25) is 0 Å². The van der Waals surface area contributed by atoms with Crippen LogP contribution in [0.15, 0.2) is 28.8 Å². The molecule has 0 spiro atoms. The first-order valence-electron chi connectivity index (χ1n) is 12.4. The van der Waals surface area contributed by atoms with Gasteiger partial charge < -0.3 is 14.2 Å². The molecule has 5 aliphatic rings. The molecule has 1 heterocycles. The number of esters is 2. The van der Waals surface area contributed by atoms with Gasteiger partial charge in [0.05, 0.1) is 0 Å². The number of nitrogens with zero attached hydrogens (tertiary/aromatic N) is 1. The Labute approximate surface area is 205 Å². The van der Waals surface area contributed by atoms with E-state index in [1.165, 1.54) is 13.8 Å². The van der Waals surface area contributed by atoms with E-state index in [1.54, 1.807) is 19.1 Å². The Bertz CT molecular complexity index is 1100. The molecule has 3 saturated carbocycles. The van der Waals surface area contributed by atoms with Gasteiger partial charge in [0.25, 0.3) is 0 Å². The fraction of sp³-hybridized carbons (Fsp3) is 0.667. The third-order valence-electron chi connectivity index (χ3n) is 9.46. The van der Waals surface area contributed by atoms with Gasteiger partial charge in [-0.1, -0.05) is 25.5 Å². The molecule has 0 radical (unpaired) electrons. The first-order chi connectivity index (χ1) is 16.4. The third kappa shape index (κ3) is 3.28. The number of fused-ring (bicyclic) bond motifs is 7. The van der Waals surface area contributed by atoms with E-state index in [2.05, 4.69) is 13.8 Å². The van der Waals surface area contributed by atoms with Crippen molar-refractivity contribution in [3.8, 4) is 0 Å². The molecule has 0 amide bonds. The molecule has 5 rings (SSSR count). The number of Topliss-reactive ketones (excluding diaryl/α,β-unsaturated/α-hetero) is 1. The second-order valence-electron chi connectivity index (χ2n) is 11.2. The summed E-state index contributed by atoms with van der Waals surface area (Å²) in [5.41, 5.74) is -1.18. The number of rotatable bonds is 4. The summed E-state index contributed by atoms with van der Waals surface area (Å²) in [6.45, 7) is 8.26. The summed E-state index contributed by atoms with van der Waals surface area (Å²) in [7, 11) is 0. The van der Waals surface area contributed by atoms with Gasteiger partial charge in [-0.05, 0) is 49.7 Å². The van der Waals surface area contributed by atoms with E-state index in [1.807, 2.05) is 6.08 Å². The van der Waals surface area contributed by atoms with Crippen LogP contribution in [-0.4, -0.2) is 53.8 Å². The Morgan fingerprint density at radius 1 is 1.20 bits per heavy atom. The minimum Gasteiger partial charge on any atom is -0.475 e. The van der Waals surface area contributed by atoms with Gasteiger partial charge in [-0.3, -0.25) is 19.2 Å². The molecule has 1 unspecified atom stereocenters. The Kier molecular flexibility index (Phi) is 5.38. The van der Waals surface area contributed by atoms with E-state index >= 15 is 0 Å². The van der Waals surface area contributed by atoms with Crippen molar-refractivity contribution in [3.05, 3.63) is 23.8 Å². The van der Waals surface area contributed by atoms with Gasteiger partial charge in [0.1, 0.15) is 12.2 Å². The lowest BCUT2D eigenvalue weighted by atomic mass is 9.46. The normalized spacial score (nSPS) is 43.0. The van der Waals surface area contributed by atoms with E-state index in [-0.39, 0.29) is 41.9 Å². The van der Waals surface area contributed by atoms with Crippen molar-refractivity contribution in [2.45, 2.75) is 78.0 Å². The van der Waals surface area contributed by atoms with E-state index in [9.17, 15) is 19.2 Å². The Morgan fingerprint density at radius 3 is 2.63 bits per heavy atom. The van der Waals surface area contributed by atoms with Crippen LogP contribution in [0, 0.1) is 28.6 Å². The summed E-state index contributed by atoms with van der Waals surface area (Å²) >= 11 is 0. The van der Waals surface area contributed by atoms with Gasteiger partial charge in [0.15, 0.2) is 23.8 Å². The fourth-order valence-corrected chi connectivity index (χ4v) is 8.25. The smallest absolute Gasteiger partial charge is 0.303 e. The maximum Gasteiger partial charge on any atom is 0.303 e. The first kappa shape index (κ1) is 23.9. The van der Waals surface area contributed by atoms with Gasteiger partial charge in [0.2, 0.25) is 5.78 Å². The number of ketones is 2. The zero-order valence-corrected chi connectivity index (χ0v) is 21.0. The number of carbonyl (C=O) groups excluding carboxylic acids is 4. The molecule has 0 bridgehead atoms. The largest absolute Gasteiger partial charge is 0.475 e. The summed E-state index contributed by atoms with van der Waals surface area (Å²) in [6.07, 6.45) is 7.11. The molecule has 3 fully saturated rings. The molecule has 4 aliphatic carbocycles. The molecular weight excluding hydrogens is 450 g/mol. The number of allylic oxidation sites excluding steroid dienone is 4. The van der Waals surface area contributed by atoms with E-state index in [0.29, 0.717) is 18.7 Å². The van der Waals surface area contributed by atoms with Crippen molar-refractivity contribution < 1.29 is 33.4 Å². The second-order valence-corrected chi connectivity index (χ2v) is 11.2. The highest BCUT2D eigenvalue weighted by Gasteiger charge is 2.75. The minimum absolute atomic E-state index is 0.00996. The standard InChI is InChI=1S/C27H33NO7/c1-14-28-27(22(32)13-33-15(2)29)23(34-14)11-20-19-7-6-17-10-18(31)8-9-25(17,4)24(19)21(35-16(3)30)12-26(20,27)5/h8-10,19-21,23-24H,6-7,11-13H2,1-5H3/t19-,20-,21-,23?,24+,25-,26-,27+/m0/s1. The van der Waals surface area contributed by atoms with Crippen LogP contribution in [-0.2, 0) is 33.4 Å². The maximum absolute atomic E-state index is 13.7. The predicted molar refractivity (Wildman–Crippen MR) is 125 cm³/mol. The molecule has 8 nitrogen and oxygen atoms in total. The van der Waals surface area contributed by atoms with Gasteiger partial charge in [0, 0.05) is 37.5 Å². The molecule has 0 aromatic rings. The number of aliphatic imine (C=N–C) groups is 1. The highest BCUT2D eigenvalue weighted by atomic mass is 16.5. The molecule has 1 aliphatic heterocycles. The molecule has 188 valence electrons. The summed E-state index contributed by atoms with van der Waals surface area (Å²) in [4.78, 5) is 54.5. The minimum atomic E-state index is -1.20. The van der Waals surface area contributed by atoms with E-state index in [4.69, 9.17) is 19.2 Å². The Balaban J connectivity index is 1.61. The lowest BCUT2D eigenvalue weighted by molar-refractivity contribution is -0.174. The quantitative estimate of drug-likeness (QED) is 0.565. The van der Waals surface area contributed by atoms with Crippen molar-refractivity contribution in [1.82, 2.24) is 0 Å². The number of hydrogen-bond donors (Lipinski definition) is 0. The first-order valence-corrected chi connectivity index (χ1v) is 12.4. The molecule has 35 heavy (non-hydrogen) atoms. The zero-order valence-electron chi connectivity index (χ0n) is 21.0. The molecule has 0 aromatic heterocycles. The average Bonchev–Trinajstić information content (AvgIpc) is 3.22. The summed E-state index contributed by atoms with van der Waals surface area (Å²) in [5, 5.41) is 0. The van der Waals surface area contributed by atoms with E-state index in [0.717, 1.165) is 18.4 Å². The van der Waals surface area contributed by atoms with Gasteiger partial charge in [-0.25, -0.2) is 4.99 Å². The van der Waals surface area contributed by atoms with Gasteiger partial charge in [-0.15, -0.1) is 0 Å². The molecule has 0 saturated heterocycles. The second kappa shape index (κ2) is 7.87. The molecule has 0 aromatic carbocycles. The van der Waals surface area contributed by atoms with Gasteiger partial charge >= 0.3 is 11.9 Å². The van der Waals surface area contributed by atoms with Crippen molar-refractivity contribution >= 4 is 29.4 Å². The van der Waals surface area contributed by atoms with Crippen LogP contribution in [0.1, 0.15) is 60.3 Å². The number of hydrogen-bond acceptors (Lipinski definition) is 8. The monoisotopic (exact) mass is 483 g/mol. The number of ether oxygens (including phenoxy) is 3. The maximum atomic E-state index is 13.7. The van der Waals surface area contributed by atoms with Crippen molar-refractivity contribution in [2.75, 3.05) is 6.61 Å². The van der Waals surface area contributed by atoms with Crippen molar-refractivity contribution in [1.29, 1.82) is 0 Å². The van der Waals surface area contributed by atoms with Crippen LogP contribution in [0.25, 0.3) is 0 Å². The van der Waals surface area contributed by atoms with Crippen LogP contribution in [0.5, 0.6) is 0 Å². The summed E-state index contributed by atoms with van der Waals surface area (Å²) < 4.78 is 17.3. The van der Waals surface area contributed by atoms with E-state index < -0.39 is 34.5 Å². The van der Waals surface area contributed by atoms with Crippen LogP contribution < -0.4 is 0 Å². The van der Waals surface area contributed by atoms with Crippen molar-refractivity contribution in [3.63, 3.8) is 0 Å². The lowest BCUT2D eigenvalue weighted by Gasteiger charge is -2.59. The third-order valence-corrected chi connectivity index (χ3v) is 9.46. The van der Waals surface area contributed by atoms with Gasteiger partial charge in [-0.2, -0.15) is 0 Å². The Morgan fingerprint density at radius 2 is 1.94 bits per heavy atom. The summed E-state index contributed by atoms with van der Waals surface area (Å²) in [6, 6.07) is 0. The molecule has 8 heteroatoms. The zero-order chi connectivity index (χ0) is 25.3. The molecule has 8 atom stereocenters. The molecular formula is C27H33NO7. The highest BCUT2D eigenvalue weighted by molar-refractivity contribution is 6.01. The topological polar surface area (TPSA) is 108 Å².